The van der Waals surface area contributed by atoms with Crippen molar-refractivity contribution in [1.82, 2.24) is 0 Å². The predicted octanol–water partition coefficient (Wildman–Crippen LogP) is 2.41. The molecule has 0 unspecified atom stereocenters. The Morgan fingerprint density at radius 2 is 1.33 bits per heavy atom. The third-order valence-corrected chi connectivity index (χ3v) is 4.09. The number of aliphatic hydroxyl groups is 1. The van der Waals surface area contributed by atoms with Gasteiger partial charge in [-0.1, -0.05) is 0 Å². The first-order valence-electron chi connectivity index (χ1n) is 6.44. The molecule has 0 saturated heterocycles. The lowest BCUT2D eigenvalue weighted by Crippen LogP contribution is -2.55. The Hall–Kier alpha value is -0.0800. The van der Waals surface area contributed by atoms with Gasteiger partial charge in [-0.05, 0) is 70.1 Å². The van der Waals surface area contributed by atoms with Crippen molar-refractivity contribution in [2.75, 3.05) is 0 Å². The van der Waals surface area contributed by atoms with Gasteiger partial charge in [-0.25, -0.2) is 0 Å². The Balaban J connectivity index is 0.000000228. The van der Waals surface area contributed by atoms with Crippen molar-refractivity contribution in [3.63, 3.8) is 0 Å². The van der Waals surface area contributed by atoms with Crippen LogP contribution in [0, 0.1) is 17.8 Å². The second-order valence-corrected chi connectivity index (χ2v) is 6.37. The largest absolute Gasteiger partial charge is 1.00 e. The van der Waals surface area contributed by atoms with Gasteiger partial charge in [0.1, 0.15) is 0 Å². The van der Waals surface area contributed by atoms with Crippen molar-refractivity contribution in [2.24, 2.45) is 23.5 Å². The first-order chi connectivity index (χ1) is 6.97. The van der Waals surface area contributed by atoms with E-state index >= 15 is 0 Å². The maximum Gasteiger partial charge on any atom is 1.00 e. The van der Waals surface area contributed by atoms with Crippen LogP contribution in [0.15, 0.2) is 0 Å². The van der Waals surface area contributed by atoms with Crippen LogP contribution in [-0.2, 0) is 0 Å². The van der Waals surface area contributed by atoms with Crippen molar-refractivity contribution in [3.8, 4) is 0 Å². The van der Waals surface area contributed by atoms with Crippen LogP contribution in [0.3, 0.4) is 0 Å². The standard InChI is InChI=1S/C10H17N.C3H8O/c11-10-4-7-1-8(5-10)3-9(2-7)6-10;1-3(2)4/h7-9H,1-6,11H2;3-4H,1-2H3/p+1. The number of rotatable bonds is 0. The van der Waals surface area contributed by atoms with Crippen LogP contribution in [0.1, 0.15) is 53.8 Å². The van der Waals surface area contributed by atoms with Gasteiger partial charge in [0.2, 0.25) is 0 Å². The summed E-state index contributed by atoms with van der Waals surface area (Å²) in [6.07, 6.45) is 8.40. The summed E-state index contributed by atoms with van der Waals surface area (Å²) in [5.41, 5.74) is 6.62. The van der Waals surface area contributed by atoms with E-state index in [2.05, 4.69) is 0 Å². The molecule has 4 aliphatic rings. The minimum absolute atomic E-state index is 0. The summed E-state index contributed by atoms with van der Waals surface area (Å²) in [5.74, 6) is 3.06. The molecule has 0 amide bonds. The fourth-order valence-corrected chi connectivity index (χ4v) is 4.18. The van der Waals surface area contributed by atoms with Crippen LogP contribution in [0.5, 0.6) is 0 Å². The smallest absolute Gasteiger partial charge is 0.394 e. The third-order valence-electron chi connectivity index (χ3n) is 4.09. The molecule has 88 valence electrons. The number of hydrogen-bond acceptors (Lipinski definition) is 2. The Morgan fingerprint density at radius 1 is 1.07 bits per heavy atom. The van der Waals surface area contributed by atoms with Crippen molar-refractivity contribution in [3.05, 3.63) is 0 Å². The quantitative estimate of drug-likeness (QED) is 0.648. The lowest BCUT2D eigenvalue weighted by atomic mass is 9.53. The first kappa shape index (κ1) is 11.4. The summed E-state index contributed by atoms with van der Waals surface area (Å²) in [7, 11) is 0. The Labute approximate surface area is 94.7 Å². The molecule has 4 fully saturated rings. The van der Waals surface area contributed by atoms with E-state index in [9.17, 15) is 0 Å². The van der Waals surface area contributed by atoms with Gasteiger partial charge in [0.05, 0.1) is 0 Å². The van der Waals surface area contributed by atoms with E-state index in [4.69, 9.17) is 10.8 Å². The zero-order valence-electron chi connectivity index (χ0n) is 11.1. The average Bonchev–Trinajstić information content (AvgIpc) is 1.96. The second kappa shape index (κ2) is 4.06. The Kier molecular flexibility index (Phi) is 3.09. The summed E-state index contributed by atoms with van der Waals surface area (Å²) >= 11 is 0. The zero-order valence-corrected chi connectivity index (χ0v) is 10.1. The lowest BCUT2D eigenvalue weighted by molar-refractivity contribution is 0.000365. The van der Waals surface area contributed by atoms with Gasteiger partial charge in [-0.15, -0.1) is 0 Å². The summed E-state index contributed by atoms with van der Waals surface area (Å²) < 4.78 is 0. The van der Waals surface area contributed by atoms with Crippen molar-refractivity contribution in [2.45, 2.75) is 64.0 Å². The van der Waals surface area contributed by atoms with E-state index in [-0.39, 0.29) is 7.53 Å². The molecule has 0 atom stereocenters. The average molecular weight is 212 g/mol. The van der Waals surface area contributed by atoms with E-state index < -0.39 is 0 Å². The summed E-state index contributed by atoms with van der Waals surface area (Å²) in [5, 5.41) is 8.06. The molecule has 2 heteroatoms. The van der Waals surface area contributed by atoms with Crippen molar-refractivity contribution < 1.29 is 6.53 Å². The molecule has 0 heterocycles. The van der Waals surface area contributed by atoms with Crippen LogP contribution < -0.4 is 5.73 Å². The van der Waals surface area contributed by atoms with Gasteiger partial charge in [-0.2, -0.15) is 0 Å². The van der Waals surface area contributed by atoms with Gasteiger partial charge in [-0.3, -0.25) is 0 Å². The molecule has 0 radical (unpaired) electrons. The van der Waals surface area contributed by atoms with E-state index in [1.165, 1.54) is 38.5 Å². The molecule has 4 aliphatic carbocycles. The monoisotopic (exact) mass is 212 g/mol. The molecule has 0 aliphatic heterocycles. The van der Waals surface area contributed by atoms with Gasteiger partial charge in [0.15, 0.2) is 0 Å². The van der Waals surface area contributed by atoms with Crippen molar-refractivity contribution in [1.29, 1.82) is 0 Å². The normalized spacial score (nSPS) is 46.6. The molecule has 4 rings (SSSR count). The minimum atomic E-state index is -0.167. The highest BCUT2D eigenvalue weighted by atomic mass is 16.3. The summed E-state index contributed by atoms with van der Waals surface area (Å²) in [4.78, 5) is 0. The van der Waals surface area contributed by atoms with E-state index in [0.717, 1.165) is 17.8 Å². The Bertz CT molecular complexity index is 192. The van der Waals surface area contributed by atoms with E-state index in [1.807, 2.05) is 0 Å². The maximum atomic E-state index is 8.06. The fourth-order valence-electron chi connectivity index (χ4n) is 4.18. The molecule has 0 spiro atoms. The molecule has 4 bridgehead atoms. The second-order valence-electron chi connectivity index (χ2n) is 6.37. The van der Waals surface area contributed by atoms with E-state index in [0.29, 0.717) is 5.54 Å². The van der Waals surface area contributed by atoms with Crippen LogP contribution in [0.2, 0.25) is 0 Å². The van der Waals surface area contributed by atoms with Crippen LogP contribution in [0.25, 0.3) is 0 Å². The first-order valence-corrected chi connectivity index (χ1v) is 6.44. The highest BCUT2D eigenvalue weighted by molar-refractivity contribution is 5.04. The van der Waals surface area contributed by atoms with Gasteiger partial charge in [0.25, 0.3) is 0 Å². The number of aliphatic hydroxyl groups excluding tert-OH is 1. The predicted molar refractivity (Wildman–Crippen MR) is 63.6 cm³/mol. The van der Waals surface area contributed by atoms with Gasteiger partial charge < -0.3 is 10.8 Å². The molecule has 15 heavy (non-hydrogen) atoms. The molecule has 0 aromatic carbocycles. The zero-order chi connectivity index (χ0) is 11.1. The molecule has 3 N–H and O–H groups in total. The molecular formula is C13H26NO+. The molecule has 2 nitrogen and oxygen atoms in total. The fraction of sp³-hybridized carbons (Fsp3) is 1.00. The summed E-state index contributed by atoms with van der Waals surface area (Å²) in [6, 6.07) is 0. The molecule has 0 aromatic heterocycles. The number of hydrogen-bond donors (Lipinski definition) is 2. The van der Waals surface area contributed by atoms with Crippen molar-refractivity contribution >= 4 is 0 Å². The summed E-state index contributed by atoms with van der Waals surface area (Å²) in [6.45, 7) is 3.44. The van der Waals surface area contributed by atoms with E-state index in [1.54, 1.807) is 13.8 Å². The highest BCUT2D eigenvalue weighted by Crippen LogP contribution is 2.54. The van der Waals surface area contributed by atoms with Crippen LogP contribution in [-0.4, -0.2) is 16.7 Å². The van der Waals surface area contributed by atoms with Crippen LogP contribution in [0.4, 0.5) is 0 Å². The van der Waals surface area contributed by atoms with Gasteiger partial charge >= 0.3 is 1.43 Å². The Morgan fingerprint density at radius 3 is 1.53 bits per heavy atom. The maximum absolute atomic E-state index is 8.06. The lowest BCUT2D eigenvalue weighted by Gasteiger charge is -2.55. The molecule has 0 aromatic rings. The topological polar surface area (TPSA) is 46.2 Å². The highest BCUT2D eigenvalue weighted by Gasteiger charge is 2.48. The molecular weight excluding hydrogens is 186 g/mol. The SMILES string of the molecule is CC(C)O.NC12CC3CC(CC(C3)C1)C2.[H+]. The van der Waals surface area contributed by atoms with Crippen LogP contribution >= 0.6 is 0 Å². The van der Waals surface area contributed by atoms with Gasteiger partial charge in [0, 0.05) is 11.6 Å². The molecule has 4 saturated carbocycles. The number of nitrogens with two attached hydrogens (primary N) is 1. The third kappa shape index (κ3) is 2.73. The minimum Gasteiger partial charge on any atom is -0.394 e.